The summed E-state index contributed by atoms with van der Waals surface area (Å²) in [7, 11) is 3.93. The Hall–Kier alpha value is -0.0900. The molecule has 2 nitrogen and oxygen atoms in total. The number of hydrazine groups is 1. The van der Waals surface area contributed by atoms with Crippen LogP contribution >= 0.6 is 22.9 Å². The molecule has 0 aliphatic rings. The Kier molecular flexibility index (Phi) is 3.33. The molecule has 0 aromatic carbocycles. The lowest BCUT2D eigenvalue weighted by Gasteiger charge is -2.09. The number of hydrogen-bond donors (Lipinski definition) is 1. The fourth-order valence-corrected chi connectivity index (χ4v) is 1.69. The zero-order valence-corrected chi connectivity index (χ0v) is 8.17. The first kappa shape index (κ1) is 9.00. The number of nitrogens with zero attached hydrogens (tertiary/aromatic N) is 1. The van der Waals surface area contributed by atoms with Gasteiger partial charge in [-0.1, -0.05) is 11.6 Å². The number of thiophene rings is 1. The Bertz CT molecular complexity index is 222. The highest BCUT2D eigenvalue weighted by Gasteiger charge is 1.96. The van der Waals surface area contributed by atoms with Crippen molar-refractivity contribution in [1.29, 1.82) is 0 Å². The third-order valence-electron chi connectivity index (χ3n) is 1.19. The van der Waals surface area contributed by atoms with Crippen LogP contribution in [0.5, 0.6) is 0 Å². The van der Waals surface area contributed by atoms with E-state index < -0.39 is 0 Å². The van der Waals surface area contributed by atoms with Gasteiger partial charge < -0.3 is 0 Å². The predicted molar refractivity (Wildman–Crippen MR) is 49.9 cm³/mol. The summed E-state index contributed by atoms with van der Waals surface area (Å²) in [5, 5.41) is 4.69. The van der Waals surface area contributed by atoms with E-state index in [1.165, 1.54) is 4.88 Å². The molecule has 1 aromatic heterocycles. The largest absolute Gasteiger partial charge is 0.250 e. The van der Waals surface area contributed by atoms with Crippen molar-refractivity contribution >= 4 is 22.9 Å². The molecule has 0 atom stereocenters. The molecule has 0 aliphatic heterocycles. The van der Waals surface area contributed by atoms with Gasteiger partial charge in [-0.15, -0.1) is 11.3 Å². The van der Waals surface area contributed by atoms with E-state index in [0.717, 1.165) is 11.6 Å². The number of halogens is 1. The van der Waals surface area contributed by atoms with Crippen LogP contribution in [0.25, 0.3) is 0 Å². The number of rotatable bonds is 3. The Morgan fingerprint density at radius 3 is 2.82 bits per heavy atom. The topological polar surface area (TPSA) is 15.3 Å². The molecule has 4 heteroatoms. The minimum Gasteiger partial charge on any atom is -0.250 e. The van der Waals surface area contributed by atoms with E-state index in [-0.39, 0.29) is 0 Å². The van der Waals surface area contributed by atoms with Crippen molar-refractivity contribution in [1.82, 2.24) is 10.4 Å². The average Bonchev–Trinajstić information content (AvgIpc) is 2.31. The predicted octanol–water partition coefficient (Wildman–Crippen LogP) is 1.97. The van der Waals surface area contributed by atoms with Gasteiger partial charge in [0, 0.05) is 30.9 Å². The van der Waals surface area contributed by atoms with Crippen molar-refractivity contribution in [3.8, 4) is 0 Å². The molecule has 0 saturated heterocycles. The van der Waals surface area contributed by atoms with Gasteiger partial charge in [-0.25, -0.2) is 0 Å². The summed E-state index contributed by atoms with van der Waals surface area (Å²) in [5.41, 5.74) is 3.16. The minimum absolute atomic E-state index is 0.825. The first-order chi connectivity index (χ1) is 5.18. The van der Waals surface area contributed by atoms with Crippen LogP contribution in [0.4, 0.5) is 0 Å². The first-order valence-corrected chi connectivity index (χ1v) is 4.58. The minimum atomic E-state index is 0.825. The monoisotopic (exact) mass is 190 g/mol. The van der Waals surface area contributed by atoms with Gasteiger partial charge >= 0.3 is 0 Å². The molecule has 0 amide bonds. The van der Waals surface area contributed by atoms with Crippen LogP contribution in [0.15, 0.2) is 11.4 Å². The van der Waals surface area contributed by atoms with E-state index >= 15 is 0 Å². The highest BCUT2D eigenvalue weighted by molar-refractivity contribution is 7.10. The molecule has 0 fully saturated rings. The van der Waals surface area contributed by atoms with Crippen molar-refractivity contribution in [3.05, 3.63) is 21.3 Å². The molecule has 1 heterocycles. The van der Waals surface area contributed by atoms with Gasteiger partial charge in [-0.3, -0.25) is 10.4 Å². The number of hydrogen-bond acceptors (Lipinski definition) is 3. The third-order valence-corrected chi connectivity index (χ3v) is 2.48. The molecule has 0 unspecified atom stereocenters. The smallest absolute Gasteiger partial charge is 0.0516 e. The normalized spacial score (nSPS) is 10.9. The molecule has 62 valence electrons. The zero-order valence-electron chi connectivity index (χ0n) is 6.60. The first-order valence-electron chi connectivity index (χ1n) is 3.32. The van der Waals surface area contributed by atoms with Gasteiger partial charge in [0.05, 0.1) is 5.02 Å². The van der Waals surface area contributed by atoms with Crippen LogP contribution in [-0.2, 0) is 6.54 Å². The second-order valence-electron chi connectivity index (χ2n) is 2.46. The van der Waals surface area contributed by atoms with Crippen molar-refractivity contribution < 1.29 is 0 Å². The van der Waals surface area contributed by atoms with Crippen LogP contribution in [0.2, 0.25) is 5.02 Å². The van der Waals surface area contributed by atoms with Gasteiger partial charge in [0.1, 0.15) is 0 Å². The molecule has 1 rings (SSSR count). The Balaban J connectivity index is 2.39. The Morgan fingerprint density at radius 1 is 1.64 bits per heavy atom. The fraction of sp³-hybridized carbons (Fsp3) is 0.429. The van der Waals surface area contributed by atoms with E-state index in [0.29, 0.717) is 0 Å². The lowest BCUT2D eigenvalue weighted by atomic mass is 10.5. The molecule has 11 heavy (non-hydrogen) atoms. The molecule has 0 radical (unpaired) electrons. The van der Waals surface area contributed by atoms with Crippen molar-refractivity contribution in [2.45, 2.75) is 6.54 Å². The molecule has 0 saturated carbocycles. The molecular formula is C7H11ClN2S. The van der Waals surface area contributed by atoms with Gasteiger partial charge in [-0.2, -0.15) is 0 Å². The maximum Gasteiger partial charge on any atom is 0.0516 e. The average molecular weight is 191 g/mol. The van der Waals surface area contributed by atoms with Crippen LogP contribution < -0.4 is 5.43 Å². The quantitative estimate of drug-likeness (QED) is 0.734. The maximum atomic E-state index is 5.74. The van der Waals surface area contributed by atoms with E-state index in [1.54, 1.807) is 11.3 Å². The summed E-state index contributed by atoms with van der Waals surface area (Å²) in [6, 6.07) is 1.97. The summed E-state index contributed by atoms with van der Waals surface area (Å²) in [6.45, 7) is 0.852. The Morgan fingerprint density at radius 2 is 2.36 bits per heavy atom. The van der Waals surface area contributed by atoms with E-state index in [4.69, 9.17) is 11.6 Å². The molecule has 0 bridgehead atoms. The lowest BCUT2D eigenvalue weighted by Crippen LogP contribution is -2.29. The number of nitrogens with one attached hydrogen (secondary N) is 1. The van der Waals surface area contributed by atoms with E-state index in [1.807, 2.05) is 30.6 Å². The van der Waals surface area contributed by atoms with Crippen LogP contribution in [0.1, 0.15) is 4.88 Å². The Labute approximate surface area is 75.7 Å². The summed E-state index contributed by atoms with van der Waals surface area (Å²) in [6.07, 6.45) is 0. The summed E-state index contributed by atoms with van der Waals surface area (Å²) >= 11 is 7.42. The summed E-state index contributed by atoms with van der Waals surface area (Å²) in [4.78, 5) is 1.25. The van der Waals surface area contributed by atoms with E-state index in [9.17, 15) is 0 Å². The second-order valence-corrected chi connectivity index (χ2v) is 3.89. The van der Waals surface area contributed by atoms with E-state index in [2.05, 4.69) is 5.43 Å². The standard InChI is InChI=1S/C7H11ClN2S/c1-10(2)9-4-7-3-6(8)5-11-7/h3,5,9H,4H2,1-2H3. The van der Waals surface area contributed by atoms with Gasteiger partial charge in [0.15, 0.2) is 0 Å². The molecule has 0 aliphatic carbocycles. The van der Waals surface area contributed by atoms with Crippen molar-refractivity contribution in [2.24, 2.45) is 0 Å². The third kappa shape index (κ3) is 3.20. The highest BCUT2D eigenvalue weighted by atomic mass is 35.5. The molecule has 0 spiro atoms. The zero-order chi connectivity index (χ0) is 8.27. The highest BCUT2D eigenvalue weighted by Crippen LogP contribution is 2.18. The SMILES string of the molecule is CN(C)NCc1cc(Cl)cs1. The fourth-order valence-electron chi connectivity index (χ4n) is 0.683. The van der Waals surface area contributed by atoms with Crippen molar-refractivity contribution in [3.63, 3.8) is 0 Å². The maximum absolute atomic E-state index is 5.74. The van der Waals surface area contributed by atoms with Gasteiger partial charge in [0.25, 0.3) is 0 Å². The molecular weight excluding hydrogens is 180 g/mol. The van der Waals surface area contributed by atoms with Crippen LogP contribution in [-0.4, -0.2) is 19.1 Å². The lowest BCUT2D eigenvalue weighted by molar-refractivity contribution is 0.287. The molecule has 1 aromatic rings. The summed E-state index contributed by atoms with van der Waals surface area (Å²) < 4.78 is 0. The van der Waals surface area contributed by atoms with Crippen molar-refractivity contribution in [2.75, 3.05) is 14.1 Å². The second kappa shape index (κ2) is 4.07. The van der Waals surface area contributed by atoms with Gasteiger partial charge in [0.2, 0.25) is 0 Å². The van der Waals surface area contributed by atoms with Gasteiger partial charge in [-0.05, 0) is 6.07 Å². The van der Waals surface area contributed by atoms with Crippen LogP contribution in [0.3, 0.4) is 0 Å². The van der Waals surface area contributed by atoms with Crippen LogP contribution in [0, 0.1) is 0 Å². The summed E-state index contributed by atoms with van der Waals surface area (Å²) in [5.74, 6) is 0. The molecule has 1 N–H and O–H groups in total.